The molecule has 0 aliphatic carbocycles. The molecule has 2 N–H and O–H groups in total. The van der Waals surface area contributed by atoms with Crippen LogP contribution in [-0.4, -0.2) is 463 Å². The lowest BCUT2D eigenvalue weighted by molar-refractivity contribution is -0.197. The number of carbonyl (C=O) groups excluding carboxylic acids is 9. The van der Waals surface area contributed by atoms with Crippen molar-refractivity contribution in [2.45, 2.75) is 64.2 Å². The van der Waals surface area contributed by atoms with Crippen LogP contribution in [-0.2, 0) is 162 Å². The van der Waals surface area contributed by atoms with Crippen molar-refractivity contribution in [2.75, 3.05) is 386 Å². The van der Waals surface area contributed by atoms with Gasteiger partial charge in [-0.2, -0.15) is 0 Å². The van der Waals surface area contributed by atoms with Crippen LogP contribution in [0.4, 0.5) is 0 Å². The second-order valence-corrected chi connectivity index (χ2v) is 26.1. The molecule has 1 atom stereocenters. The number of rotatable bonds is 92. The Kier molecular flexibility index (Phi) is 79.3. The van der Waals surface area contributed by atoms with Crippen LogP contribution in [0.2, 0.25) is 0 Å². The van der Waals surface area contributed by atoms with E-state index in [9.17, 15) is 38.4 Å². The van der Waals surface area contributed by atoms with Gasteiger partial charge in [0.2, 0.25) is 35.4 Å². The lowest BCUT2D eigenvalue weighted by Gasteiger charge is -2.29. The van der Waals surface area contributed by atoms with Gasteiger partial charge in [-0.15, -0.1) is 5.06 Å². The highest BCUT2D eigenvalue weighted by molar-refractivity contribution is 6.01. The first-order valence-corrected chi connectivity index (χ1v) is 41.3. The van der Waals surface area contributed by atoms with Gasteiger partial charge >= 0.3 is 5.97 Å². The largest absolute Gasteiger partial charge is 0.382 e. The molecule has 1 rings (SSSR count). The SMILES string of the molecule is COCCOCCOCCOCCN(CCOCCOCCOCCOC)C(=O)CCCNC(=O)CN(CCOCCOCCOCCOC)C(=O)CC(CCCC(=O)ON1C(=O)CCC1=O)C(=O)N(CCOCCOCCOCCOC)CC(=O)NCCCC(=O)N(CCOCCOCCOCCOC)CCOCCOCCOCCOC. The number of carbonyl (C=O) groups is 9. The predicted octanol–water partition coefficient (Wildman–Crippen LogP) is -0.945. The summed E-state index contributed by atoms with van der Waals surface area (Å²) in [5, 5.41) is 6.05. The molecule has 696 valence electrons. The van der Waals surface area contributed by atoms with Crippen LogP contribution in [0.1, 0.15) is 64.2 Å². The Morgan fingerprint density at radius 1 is 0.294 bits per heavy atom. The fourth-order valence-electron chi connectivity index (χ4n) is 10.4. The monoisotopic (exact) mass is 1720 g/mol. The molecule has 41 heteroatoms. The highest BCUT2D eigenvalue weighted by atomic mass is 16.7. The fraction of sp³-hybridized carbons (Fsp3) is 0.885. The molecule has 0 aromatic heterocycles. The Hall–Kier alpha value is -5.53. The molecule has 1 fully saturated rings. The third-order valence-electron chi connectivity index (χ3n) is 16.8. The number of hydrogen-bond donors (Lipinski definition) is 2. The van der Waals surface area contributed by atoms with Crippen LogP contribution in [0.25, 0.3) is 0 Å². The zero-order valence-electron chi connectivity index (χ0n) is 72.0. The van der Waals surface area contributed by atoms with Crippen molar-refractivity contribution in [3.05, 3.63) is 0 Å². The van der Waals surface area contributed by atoms with Gasteiger partial charge < -0.3 is 149 Å². The third kappa shape index (κ3) is 68.6. The zero-order chi connectivity index (χ0) is 86.6. The quantitative estimate of drug-likeness (QED) is 0.0548. The van der Waals surface area contributed by atoms with Gasteiger partial charge in [-0.3, -0.25) is 38.4 Å². The van der Waals surface area contributed by atoms with Crippen LogP contribution < -0.4 is 10.6 Å². The molecule has 0 saturated carbocycles. The summed E-state index contributed by atoms with van der Waals surface area (Å²) in [6.07, 6.45) is -1.05. The minimum absolute atomic E-state index is 0.0187. The second kappa shape index (κ2) is 84.7. The zero-order valence-corrected chi connectivity index (χ0v) is 72.0. The molecule has 0 bridgehead atoms. The standard InChI is InChI=1S/C78H145N7O34/c1-95-30-36-107-54-60-113-48-42-101-24-18-81(19-25-102-43-49-114-61-55-108-37-31-96-2)72(88)11-8-16-79-70(86)67-83(22-28-105-46-52-117-64-58-111-40-34-99-5)76(92)66-69(10-7-13-77(93)119-85-74(90)14-15-75(85)91)78(94)84(23-29-106-47-53-118-65-59-112-41-35-100-6)68-71(87)80-17-9-12-73(89)82(20-26-103-44-50-115-62-56-109-38-32-97-3)21-27-104-45-51-116-63-57-110-39-33-98-4/h69H,7-68H2,1-6H3,(H,79,86)(H,80,87). The molecule has 41 nitrogen and oxygen atoms in total. The highest BCUT2D eigenvalue weighted by Crippen LogP contribution is 2.21. The minimum atomic E-state index is -1.27. The molecule has 1 aliphatic heterocycles. The topological polar surface area (TPSA) is 425 Å². The summed E-state index contributed by atoms with van der Waals surface area (Å²) < 4.78 is 131. The Morgan fingerprint density at radius 2 is 0.529 bits per heavy atom. The van der Waals surface area contributed by atoms with Crippen molar-refractivity contribution in [1.82, 2.24) is 35.3 Å². The summed E-state index contributed by atoms with van der Waals surface area (Å²) in [5.41, 5.74) is 0. The van der Waals surface area contributed by atoms with E-state index in [2.05, 4.69) is 10.6 Å². The first-order valence-electron chi connectivity index (χ1n) is 41.3. The van der Waals surface area contributed by atoms with Crippen molar-refractivity contribution in [3.63, 3.8) is 0 Å². The molecule has 0 aromatic carbocycles. The van der Waals surface area contributed by atoms with Gasteiger partial charge in [0.1, 0.15) is 0 Å². The Bertz CT molecular complexity index is 2390. The van der Waals surface area contributed by atoms with E-state index in [1.165, 1.54) is 9.80 Å². The Balaban J connectivity index is 3.50. The van der Waals surface area contributed by atoms with Gasteiger partial charge in [0.05, 0.1) is 291 Å². The molecular formula is C78H145N7O34. The van der Waals surface area contributed by atoms with Crippen molar-refractivity contribution in [3.8, 4) is 0 Å². The minimum Gasteiger partial charge on any atom is -0.382 e. The van der Waals surface area contributed by atoms with Gasteiger partial charge in [-0.25, -0.2) is 4.79 Å². The van der Waals surface area contributed by atoms with E-state index in [-0.39, 0.29) is 221 Å². The molecule has 8 amide bonds. The fourth-order valence-corrected chi connectivity index (χ4v) is 10.4. The molecule has 119 heavy (non-hydrogen) atoms. The summed E-state index contributed by atoms with van der Waals surface area (Å²) in [7, 11) is 9.50. The van der Waals surface area contributed by atoms with Crippen molar-refractivity contribution in [2.24, 2.45) is 5.92 Å². The second-order valence-electron chi connectivity index (χ2n) is 26.1. The van der Waals surface area contributed by atoms with E-state index >= 15 is 4.79 Å². The van der Waals surface area contributed by atoms with Gasteiger partial charge in [0.15, 0.2) is 0 Å². The first-order chi connectivity index (χ1) is 58.3. The molecule has 0 aromatic rings. The van der Waals surface area contributed by atoms with Crippen LogP contribution in [0.3, 0.4) is 0 Å². The normalized spacial score (nSPS) is 12.4. The average Bonchev–Trinajstić information content (AvgIpc) is 1.85. The van der Waals surface area contributed by atoms with Gasteiger partial charge in [0.25, 0.3) is 11.8 Å². The van der Waals surface area contributed by atoms with Gasteiger partial charge in [-0.1, -0.05) is 0 Å². The highest BCUT2D eigenvalue weighted by Gasteiger charge is 2.34. The molecule has 1 unspecified atom stereocenters. The van der Waals surface area contributed by atoms with Crippen molar-refractivity contribution < 1.29 is 162 Å². The predicted molar refractivity (Wildman–Crippen MR) is 426 cm³/mol. The number of methoxy groups -OCH3 is 6. The number of nitrogens with one attached hydrogen (secondary N) is 2. The van der Waals surface area contributed by atoms with E-state index in [0.717, 1.165) is 0 Å². The van der Waals surface area contributed by atoms with Crippen molar-refractivity contribution in [1.29, 1.82) is 0 Å². The molecular weight excluding hydrogens is 1580 g/mol. The van der Waals surface area contributed by atoms with Crippen molar-refractivity contribution >= 4 is 53.2 Å². The van der Waals surface area contributed by atoms with E-state index < -0.39 is 73.3 Å². The lowest BCUT2D eigenvalue weighted by Crippen LogP contribution is -2.47. The maximum atomic E-state index is 15.2. The number of hydrogen-bond acceptors (Lipinski definition) is 34. The first kappa shape index (κ1) is 111. The third-order valence-corrected chi connectivity index (χ3v) is 16.8. The van der Waals surface area contributed by atoms with E-state index in [0.29, 0.717) is 177 Å². The number of hydroxylamine groups is 2. The molecule has 1 saturated heterocycles. The number of imide groups is 1. The average molecular weight is 1730 g/mol. The summed E-state index contributed by atoms with van der Waals surface area (Å²) in [4.78, 5) is 135. The van der Waals surface area contributed by atoms with Crippen LogP contribution in [0, 0.1) is 5.92 Å². The Morgan fingerprint density at radius 3 is 0.798 bits per heavy atom. The van der Waals surface area contributed by atoms with Crippen LogP contribution in [0.5, 0.6) is 0 Å². The molecule has 0 radical (unpaired) electrons. The van der Waals surface area contributed by atoms with Gasteiger partial charge in [-0.05, 0) is 25.7 Å². The summed E-state index contributed by atoms with van der Waals surface area (Å²) in [6, 6.07) is 0. The molecule has 0 spiro atoms. The summed E-state index contributed by atoms with van der Waals surface area (Å²) >= 11 is 0. The lowest BCUT2D eigenvalue weighted by atomic mass is 9.95. The van der Waals surface area contributed by atoms with Crippen LogP contribution >= 0.6 is 0 Å². The maximum absolute atomic E-state index is 15.2. The number of nitrogens with zero attached hydrogens (tertiary/aromatic N) is 5. The Labute approximate surface area is 703 Å². The molecule has 1 aliphatic rings. The van der Waals surface area contributed by atoms with E-state index in [1.807, 2.05) is 0 Å². The smallest absolute Gasteiger partial charge is 0.333 e. The number of amides is 8. The number of ether oxygens (including phenoxy) is 24. The van der Waals surface area contributed by atoms with Gasteiger partial charge in [0, 0.05) is 139 Å². The molecule has 1 heterocycles. The van der Waals surface area contributed by atoms with E-state index in [1.54, 1.807) is 52.5 Å². The van der Waals surface area contributed by atoms with E-state index in [4.69, 9.17) is 119 Å². The summed E-state index contributed by atoms with van der Waals surface area (Å²) in [6.45, 7) is 12.8. The summed E-state index contributed by atoms with van der Waals surface area (Å²) in [5.74, 6) is -6.63. The maximum Gasteiger partial charge on any atom is 0.333 e. The van der Waals surface area contributed by atoms with Crippen LogP contribution in [0.15, 0.2) is 0 Å².